The highest BCUT2D eigenvalue weighted by Gasteiger charge is 2.53. The molecule has 3 aliphatic rings. The molecule has 4 rings (SSSR count). The summed E-state index contributed by atoms with van der Waals surface area (Å²) in [5.74, 6) is 2.91. The molecule has 2 bridgehead atoms. The number of guanidine groups is 1. The number of amides is 1. The zero-order valence-corrected chi connectivity index (χ0v) is 16.9. The molecule has 0 spiro atoms. The van der Waals surface area contributed by atoms with Crippen LogP contribution in [0.25, 0.3) is 0 Å². The van der Waals surface area contributed by atoms with E-state index < -0.39 is 0 Å². The largest absolute Gasteiger partial charge is 0.484 e. The predicted octanol–water partition coefficient (Wildman–Crippen LogP) is 1.34. The highest BCUT2D eigenvalue weighted by molar-refractivity contribution is 5.80. The molecule has 0 aromatic heterocycles. The Bertz CT molecular complexity index is 733. The Balaban J connectivity index is 1.31. The zero-order valence-electron chi connectivity index (χ0n) is 16.9. The topological polar surface area (TPSA) is 66.4 Å². The molecular weight excluding hydrogens is 356 g/mol. The standard InChI is InChI=1S/C21H30N4O3/c1-22-21(25-11-16-17(12-25)19-8-7-18(16)28-19)23-10-14-5-4-6-15(9-14)27-13-20(26)24(2)3/h4-6,9,16-19H,7-8,10-13H2,1-3H3,(H,22,23). The van der Waals surface area contributed by atoms with Gasteiger partial charge < -0.3 is 24.6 Å². The van der Waals surface area contributed by atoms with Crippen LogP contribution in [0.15, 0.2) is 29.3 Å². The van der Waals surface area contributed by atoms with Crippen LogP contribution in [0.2, 0.25) is 0 Å². The predicted molar refractivity (Wildman–Crippen MR) is 107 cm³/mol. The number of nitrogens with zero attached hydrogens (tertiary/aromatic N) is 3. The van der Waals surface area contributed by atoms with Gasteiger partial charge in [-0.1, -0.05) is 12.1 Å². The van der Waals surface area contributed by atoms with E-state index in [9.17, 15) is 4.79 Å². The minimum Gasteiger partial charge on any atom is -0.484 e. The number of hydrogen-bond acceptors (Lipinski definition) is 4. The third kappa shape index (κ3) is 3.81. The normalized spacial score (nSPS) is 28.4. The van der Waals surface area contributed by atoms with Crippen LogP contribution < -0.4 is 10.1 Å². The lowest BCUT2D eigenvalue weighted by atomic mass is 9.82. The van der Waals surface area contributed by atoms with E-state index in [1.807, 2.05) is 31.3 Å². The first-order valence-corrected chi connectivity index (χ1v) is 10.1. The van der Waals surface area contributed by atoms with E-state index in [4.69, 9.17) is 9.47 Å². The molecule has 4 unspecified atom stereocenters. The molecule has 3 saturated heterocycles. The molecule has 3 aliphatic heterocycles. The smallest absolute Gasteiger partial charge is 0.259 e. The van der Waals surface area contributed by atoms with Gasteiger partial charge in [-0.2, -0.15) is 0 Å². The van der Waals surface area contributed by atoms with Crippen molar-refractivity contribution in [3.63, 3.8) is 0 Å². The molecule has 7 heteroatoms. The number of carbonyl (C=O) groups excluding carboxylic acids is 1. The highest BCUT2D eigenvalue weighted by atomic mass is 16.5. The van der Waals surface area contributed by atoms with Crippen molar-refractivity contribution in [2.75, 3.05) is 40.8 Å². The van der Waals surface area contributed by atoms with Gasteiger partial charge in [0.25, 0.3) is 5.91 Å². The van der Waals surface area contributed by atoms with Crippen molar-refractivity contribution in [2.45, 2.75) is 31.6 Å². The molecule has 0 saturated carbocycles. The first kappa shape index (κ1) is 19.1. The maximum Gasteiger partial charge on any atom is 0.259 e. The first-order valence-electron chi connectivity index (χ1n) is 10.1. The summed E-state index contributed by atoms with van der Waals surface area (Å²) in [4.78, 5) is 20.1. The van der Waals surface area contributed by atoms with Gasteiger partial charge in [-0.15, -0.1) is 0 Å². The Morgan fingerprint density at radius 2 is 2.00 bits per heavy atom. The third-order valence-corrected chi connectivity index (χ3v) is 6.17. The van der Waals surface area contributed by atoms with Gasteiger partial charge in [0.15, 0.2) is 12.6 Å². The van der Waals surface area contributed by atoms with E-state index >= 15 is 0 Å². The lowest BCUT2D eigenvalue weighted by Crippen LogP contribution is -2.41. The lowest BCUT2D eigenvalue weighted by molar-refractivity contribution is -0.130. The fourth-order valence-corrected chi connectivity index (χ4v) is 4.67. The van der Waals surface area contributed by atoms with Crippen LogP contribution in [0, 0.1) is 11.8 Å². The van der Waals surface area contributed by atoms with E-state index in [-0.39, 0.29) is 12.5 Å². The average Bonchev–Trinajstić information content (AvgIpc) is 3.40. The number of rotatable bonds is 5. The molecule has 1 aromatic rings. The van der Waals surface area contributed by atoms with Crippen LogP contribution in [0.5, 0.6) is 5.75 Å². The summed E-state index contributed by atoms with van der Waals surface area (Å²) in [7, 11) is 5.29. The molecule has 1 aromatic carbocycles. The molecule has 3 heterocycles. The fraction of sp³-hybridized carbons (Fsp3) is 0.619. The minimum atomic E-state index is -0.0542. The van der Waals surface area contributed by atoms with E-state index in [0.29, 0.717) is 36.3 Å². The summed E-state index contributed by atoms with van der Waals surface area (Å²) in [5.41, 5.74) is 1.10. The summed E-state index contributed by atoms with van der Waals surface area (Å²) in [6.07, 6.45) is 3.34. The molecule has 152 valence electrons. The molecule has 1 N–H and O–H groups in total. The lowest BCUT2D eigenvalue weighted by Gasteiger charge is -2.23. The third-order valence-electron chi connectivity index (χ3n) is 6.17. The molecular formula is C21H30N4O3. The number of ether oxygens (including phenoxy) is 2. The number of nitrogens with one attached hydrogen (secondary N) is 1. The van der Waals surface area contributed by atoms with E-state index in [0.717, 1.165) is 24.6 Å². The van der Waals surface area contributed by atoms with E-state index in [1.165, 1.54) is 17.7 Å². The second-order valence-electron chi connectivity index (χ2n) is 8.15. The number of carbonyl (C=O) groups is 1. The van der Waals surface area contributed by atoms with Crippen molar-refractivity contribution in [1.29, 1.82) is 0 Å². The zero-order chi connectivity index (χ0) is 19.7. The van der Waals surface area contributed by atoms with Crippen molar-refractivity contribution in [1.82, 2.24) is 15.1 Å². The minimum absolute atomic E-state index is 0.0481. The van der Waals surface area contributed by atoms with Crippen LogP contribution in [-0.4, -0.2) is 74.7 Å². The fourth-order valence-electron chi connectivity index (χ4n) is 4.67. The Hall–Kier alpha value is -2.28. The Morgan fingerprint density at radius 1 is 1.29 bits per heavy atom. The summed E-state index contributed by atoms with van der Waals surface area (Å²) in [6.45, 7) is 2.77. The Labute approximate surface area is 166 Å². The van der Waals surface area contributed by atoms with Crippen LogP contribution in [-0.2, 0) is 16.1 Å². The number of likely N-dealkylation sites (N-methyl/N-ethyl adjacent to an activating group) is 1. The molecule has 3 fully saturated rings. The summed E-state index contributed by atoms with van der Waals surface area (Å²) in [6, 6.07) is 7.84. The van der Waals surface area contributed by atoms with Gasteiger partial charge in [0.05, 0.1) is 12.2 Å². The van der Waals surface area contributed by atoms with Gasteiger partial charge in [0.1, 0.15) is 5.75 Å². The van der Waals surface area contributed by atoms with Crippen molar-refractivity contribution in [2.24, 2.45) is 16.8 Å². The molecule has 7 nitrogen and oxygen atoms in total. The number of fused-ring (bicyclic) bond motifs is 5. The summed E-state index contributed by atoms with van der Waals surface area (Å²) in [5, 5.41) is 3.48. The molecule has 0 aliphatic carbocycles. The number of hydrogen-bond donors (Lipinski definition) is 1. The number of benzene rings is 1. The van der Waals surface area contributed by atoms with Crippen molar-refractivity contribution in [3.05, 3.63) is 29.8 Å². The van der Waals surface area contributed by atoms with E-state index in [2.05, 4.69) is 15.2 Å². The van der Waals surface area contributed by atoms with Crippen LogP contribution >= 0.6 is 0 Å². The maximum absolute atomic E-state index is 11.7. The molecule has 1 amide bonds. The SMILES string of the molecule is CN=C(NCc1cccc(OCC(=O)N(C)C)c1)N1CC2C3CCC(O3)C2C1. The molecule has 28 heavy (non-hydrogen) atoms. The number of likely N-dealkylation sites (tertiary alicyclic amines) is 1. The van der Waals surface area contributed by atoms with Crippen LogP contribution in [0.3, 0.4) is 0 Å². The van der Waals surface area contributed by atoms with Crippen molar-refractivity contribution in [3.8, 4) is 5.75 Å². The Morgan fingerprint density at radius 3 is 2.64 bits per heavy atom. The van der Waals surface area contributed by atoms with Crippen LogP contribution in [0.4, 0.5) is 0 Å². The van der Waals surface area contributed by atoms with Gasteiger partial charge >= 0.3 is 0 Å². The van der Waals surface area contributed by atoms with Gasteiger partial charge in [0.2, 0.25) is 0 Å². The maximum atomic E-state index is 11.7. The van der Waals surface area contributed by atoms with Gasteiger partial charge in [-0.05, 0) is 30.5 Å². The monoisotopic (exact) mass is 386 g/mol. The van der Waals surface area contributed by atoms with Gasteiger partial charge in [-0.3, -0.25) is 9.79 Å². The Kier molecular flexibility index (Phi) is 5.44. The summed E-state index contributed by atoms with van der Waals surface area (Å²) < 4.78 is 11.7. The summed E-state index contributed by atoms with van der Waals surface area (Å²) >= 11 is 0. The molecule has 0 radical (unpaired) electrons. The highest BCUT2D eigenvalue weighted by Crippen LogP contribution is 2.47. The average molecular weight is 386 g/mol. The second kappa shape index (κ2) is 7.99. The van der Waals surface area contributed by atoms with Gasteiger partial charge in [-0.25, -0.2) is 0 Å². The second-order valence-corrected chi connectivity index (χ2v) is 8.15. The van der Waals surface area contributed by atoms with Gasteiger partial charge in [0, 0.05) is 52.6 Å². The van der Waals surface area contributed by atoms with Crippen LogP contribution in [0.1, 0.15) is 18.4 Å². The first-order chi connectivity index (χ1) is 13.5. The quantitative estimate of drug-likeness (QED) is 0.611. The number of aliphatic imine (C=N–C) groups is 1. The van der Waals surface area contributed by atoms with E-state index in [1.54, 1.807) is 14.1 Å². The van der Waals surface area contributed by atoms with Crippen molar-refractivity contribution >= 4 is 11.9 Å². The van der Waals surface area contributed by atoms with Crippen molar-refractivity contribution < 1.29 is 14.3 Å². The molecule has 4 atom stereocenters.